The van der Waals surface area contributed by atoms with E-state index in [9.17, 15) is 4.79 Å². The van der Waals surface area contributed by atoms with Gasteiger partial charge in [-0.3, -0.25) is 4.79 Å². The van der Waals surface area contributed by atoms with Crippen molar-refractivity contribution in [3.8, 4) is 0 Å². The molecule has 0 aliphatic rings. The highest BCUT2D eigenvalue weighted by Gasteiger charge is 2.15. The van der Waals surface area contributed by atoms with Crippen LogP contribution in [0.3, 0.4) is 0 Å². The molecule has 1 amide bonds. The highest BCUT2D eigenvalue weighted by Crippen LogP contribution is 2.25. The quantitative estimate of drug-likeness (QED) is 0.723. The van der Waals surface area contributed by atoms with E-state index in [1.165, 1.54) is 0 Å². The number of imidazole rings is 1. The van der Waals surface area contributed by atoms with Crippen LogP contribution in [-0.2, 0) is 13.6 Å². The number of pyridine rings is 1. The highest BCUT2D eigenvalue weighted by atomic mass is 32.1. The van der Waals surface area contributed by atoms with Gasteiger partial charge in [0.2, 0.25) is 6.33 Å². The summed E-state index contributed by atoms with van der Waals surface area (Å²) >= 11 is 1.54. The Labute approximate surface area is 119 Å². The number of nitrogens with two attached hydrogens (primary N) is 1. The smallest absolute Gasteiger partial charge is 0.267 e. The van der Waals surface area contributed by atoms with Gasteiger partial charge in [-0.15, -0.1) is 11.3 Å². The Balaban J connectivity index is 2.13. The largest absolute Gasteiger partial charge is 0.364 e. The first-order valence-electron chi connectivity index (χ1n) is 6.11. The molecule has 0 aromatic carbocycles. The minimum atomic E-state index is -0.516. The molecule has 3 rings (SSSR count). The normalized spacial score (nSPS) is 11.1. The van der Waals surface area contributed by atoms with Crippen molar-refractivity contribution in [3.05, 3.63) is 41.2 Å². The van der Waals surface area contributed by atoms with Crippen LogP contribution in [0, 0.1) is 6.92 Å². The summed E-state index contributed by atoms with van der Waals surface area (Å²) in [5.74, 6) is -0.516. The number of primary amides is 1. The van der Waals surface area contributed by atoms with E-state index in [-0.39, 0.29) is 5.69 Å². The lowest BCUT2D eigenvalue weighted by molar-refractivity contribution is -0.671. The Kier molecular flexibility index (Phi) is 2.98. The maximum absolute atomic E-state index is 11.4. The van der Waals surface area contributed by atoms with E-state index < -0.39 is 5.91 Å². The summed E-state index contributed by atoms with van der Waals surface area (Å²) < 4.78 is 4.88. The second kappa shape index (κ2) is 4.68. The molecule has 3 aromatic rings. The fourth-order valence-corrected chi connectivity index (χ4v) is 2.99. The van der Waals surface area contributed by atoms with E-state index in [0.717, 1.165) is 20.9 Å². The second-order valence-corrected chi connectivity index (χ2v) is 5.88. The Morgan fingerprint density at radius 3 is 2.95 bits per heavy atom. The maximum Gasteiger partial charge on any atom is 0.267 e. The number of nitrogens with zero attached hydrogens (tertiary/aromatic N) is 4. The molecule has 0 atom stereocenters. The molecule has 2 N–H and O–H groups in total. The van der Waals surface area contributed by atoms with Crippen molar-refractivity contribution >= 4 is 27.5 Å². The van der Waals surface area contributed by atoms with Crippen molar-refractivity contribution in [2.75, 3.05) is 0 Å². The predicted octanol–water partition coefficient (Wildman–Crippen LogP) is 0.773. The Bertz CT molecular complexity index is 804. The van der Waals surface area contributed by atoms with Crippen molar-refractivity contribution in [1.29, 1.82) is 0 Å². The van der Waals surface area contributed by atoms with Gasteiger partial charge in [0.1, 0.15) is 35.8 Å². The standard InChI is InChI=1S/C13H13N5OS/c1-8-15-12-10(6-18-4-3-17(2)7-18)16-9(13(14)19)5-11(12)20-8/h3-5,7H,6H2,1-2H3,(H-,14,19)/p+1. The van der Waals surface area contributed by atoms with Crippen LogP contribution in [0.25, 0.3) is 10.2 Å². The van der Waals surface area contributed by atoms with Gasteiger partial charge in [0.25, 0.3) is 5.91 Å². The summed E-state index contributed by atoms with van der Waals surface area (Å²) in [5.41, 5.74) is 7.24. The third-order valence-corrected chi connectivity index (χ3v) is 3.88. The van der Waals surface area contributed by atoms with Crippen LogP contribution in [0.5, 0.6) is 0 Å². The van der Waals surface area contributed by atoms with Crippen LogP contribution in [-0.4, -0.2) is 20.4 Å². The van der Waals surface area contributed by atoms with Crippen LogP contribution in [0.2, 0.25) is 0 Å². The molecule has 0 spiro atoms. The van der Waals surface area contributed by atoms with Gasteiger partial charge < -0.3 is 5.73 Å². The molecule has 0 unspecified atom stereocenters. The summed E-state index contributed by atoms with van der Waals surface area (Å²) in [6.07, 6.45) is 5.84. The molecule has 0 aliphatic heterocycles. The van der Waals surface area contributed by atoms with Gasteiger partial charge in [-0.1, -0.05) is 0 Å². The van der Waals surface area contributed by atoms with Crippen LogP contribution in [0.1, 0.15) is 21.2 Å². The SMILES string of the molecule is Cc1nc2c(Cn3cc[n+](C)c3)nc(C(N)=O)cc2s1. The number of rotatable bonds is 3. The van der Waals surface area contributed by atoms with E-state index in [4.69, 9.17) is 5.73 Å². The molecule has 0 fully saturated rings. The molecule has 102 valence electrons. The maximum atomic E-state index is 11.4. The van der Waals surface area contributed by atoms with Crippen LogP contribution >= 0.6 is 11.3 Å². The van der Waals surface area contributed by atoms with Crippen molar-refractivity contribution in [1.82, 2.24) is 14.5 Å². The van der Waals surface area contributed by atoms with Crippen LogP contribution in [0.15, 0.2) is 24.8 Å². The molecular weight excluding hydrogens is 274 g/mol. The molecular formula is C13H14N5OS+. The Morgan fingerprint density at radius 2 is 2.30 bits per heavy atom. The minimum absolute atomic E-state index is 0.285. The van der Waals surface area contributed by atoms with E-state index in [1.807, 2.05) is 41.8 Å². The lowest BCUT2D eigenvalue weighted by Gasteiger charge is -2.02. The molecule has 6 nitrogen and oxygen atoms in total. The fraction of sp³-hybridized carbons (Fsp3) is 0.231. The molecule has 20 heavy (non-hydrogen) atoms. The summed E-state index contributed by atoms with van der Waals surface area (Å²) in [4.78, 5) is 20.3. The summed E-state index contributed by atoms with van der Waals surface area (Å²) in [6, 6.07) is 1.71. The number of aryl methyl sites for hydroxylation is 2. The monoisotopic (exact) mass is 288 g/mol. The van der Waals surface area contributed by atoms with Crippen molar-refractivity contribution in [2.24, 2.45) is 12.8 Å². The summed E-state index contributed by atoms with van der Waals surface area (Å²) in [6.45, 7) is 2.50. The number of amides is 1. The first-order valence-corrected chi connectivity index (χ1v) is 6.92. The van der Waals surface area contributed by atoms with E-state index >= 15 is 0 Å². The van der Waals surface area contributed by atoms with Gasteiger partial charge in [0.15, 0.2) is 0 Å². The van der Waals surface area contributed by atoms with Crippen molar-refractivity contribution in [3.63, 3.8) is 0 Å². The number of fused-ring (bicyclic) bond motifs is 1. The zero-order valence-corrected chi connectivity index (χ0v) is 12.0. The van der Waals surface area contributed by atoms with E-state index in [0.29, 0.717) is 6.54 Å². The van der Waals surface area contributed by atoms with E-state index in [1.54, 1.807) is 17.4 Å². The number of hydrogen-bond donors (Lipinski definition) is 1. The molecule has 3 aromatic heterocycles. The van der Waals surface area contributed by atoms with Gasteiger partial charge >= 0.3 is 0 Å². The summed E-state index contributed by atoms with van der Waals surface area (Å²) in [7, 11) is 1.95. The van der Waals surface area contributed by atoms with Gasteiger partial charge in [-0.2, -0.15) is 0 Å². The number of hydrogen-bond acceptors (Lipinski definition) is 4. The molecule has 0 saturated heterocycles. The van der Waals surface area contributed by atoms with Gasteiger partial charge in [-0.25, -0.2) is 19.1 Å². The number of carbonyl (C=O) groups is 1. The Hall–Kier alpha value is -2.28. The molecule has 0 radical (unpaired) electrons. The molecule has 0 aliphatic carbocycles. The predicted molar refractivity (Wildman–Crippen MR) is 75.4 cm³/mol. The van der Waals surface area contributed by atoms with Gasteiger partial charge in [0, 0.05) is 0 Å². The topological polar surface area (TPSA) is 77.7 Å². The van der Waals surface area contributed by atoms with Crippen molar-refractivity contribution in [2.45, 2.75) is 13.5 Å². The fourth-order valence-electron chi connectivity index (χ4n) is 2.11. The zero-order chi connectivity index (χ0) is 14.3. The van der Waals surface area contributed by atoms with Gasteiger partial charge in [-0.05, 0) is 13.0 Å². The zero-order valence-electron chi connectivity index (χ0n) is 11.2. The average molecular weight is 288 g/mol. The summed E-state index contributed by atoms with van der Waals surface area (Å²) in [5, 5.41) is 0.947. The third kappa shape index (κ3) is 2.27. The van der Waals surface area contributed by atoms with E-state index in [2.05, 4.69) is 9.97 Å². The number of carbonyl (C=O) groups excluding carboxylic acids is 1. The molecule has 0 saturated carbocycles. The second-order valence-electron chi connectivity index (χ2n) is 4.65. The third-order valence-electron chi connectivity index (χ3n) is 2.97. The van der Waals surface area contributed by atoms with Crippen molar-refractivity contribution < 1.29 is 9.36 Å². The lowest BCUT2D eigenvalue weighted by atomic mass is 10.2. The average Bonchev–Trinajstić information content (AvgIpc) is 2.94. The molecule has 7 heteroatoms. The first kappa shape index (κ1) is 12.7. The van der Waals surface area contributed by atoms with Gasteiger partial charge in [0.05, 0.1) is 16.8 Å². The number of thiazole rings is 1. The minimum Gasteiger partial charge on any atom is -0.364 e. The number of aromatic nitrogens is 4. The molecule has 0 bridgehead atoms. The van der Waals surface area contributed by atoms with Crippen LogP contribution < -0.4 is 10.3 Å². The Morgan fingerprint density at radius 1 is 1.50 bits per heavy atom. The lowest BCUT2D eigenvalue weighted by Crippen LogP contribution is -2.24. The molecule has 3 heterocycles. The highest BCUT2D eigenvalue weighted by molar-refractivity contribution is 7.18. The first-order chi connectivity index (χ1) is 9.52. The van der Waals surface area contributed by atoms with Crippen LogP contribution in [0.4, 0.5) is 0 Å².